The zero-order valence-corrected chi connectivity index (χ0v) is 70.2. The average Bonchev–Trinajstić information content (AvgIpc) is 0.801. The number of aliphatic carboxylic acids is 2. The molecular formula is C94H118N8O19. The Kier molecular flexibility index (Phi) is 48.8. The van der Waals surface area contributed by atoms with Crippen LogP contribution in [0.2, 0.25) is 0 Å². The summed E-state index contributed by atoms with van der Waals surface area (Å²) in [6.07, 6.45) is 13.5. The Morgan fingerprint density at radius 2 is 0.579 bits per heavy atom. The quantitative estimate of drug-likeness (QED) is 0.0167. The molecule has 9 rings (SSSR count). The highest BCUT2D eigenvalue weighted by Crippen LogP contribution is 2.25. The fraction of sp³-hybridized carbons (Fsp3) is 0.319. The van der Waals surface area contributed by atoms with E-state index < -0.39 is 17.8 Å². The number of benzene rings is 9. The summed E-state index contributed by atoms with van der Waals surface area (Å²) >= 11 is 0. The molecule has 17 N–H and O–H groups in total. The number of carbonyl (C=O) groups is 10. The molecule has 0 saturated heterocycles. The molecule has 9 aromatic rings. The van der Waals surface area contributed by atoms with Crippen LogP contribution in [0.5, 0.6) is 40.2 Å². The molecule has 0 atom stereocenters. The molecule has 27 heteroatoms. The van der Waals surface area contributed by atoms with Gasteiger partial charge in [-0.2, -0.15) is 0 Å². The number of phenolic OH excluding ortho intramolecular Hbond substituents is 7. The Hall–Kier alpha value is -13.7. The first-order valence-electron chi connectivity index (χ1n) is 40.4. The highest BCUT2D eigenvalue weighted by atomic mass is 16.4. The monoisotopic (exact) mass is 1660 g/mol. The SMILES string of the molecule is CCCC(=O)NCCCCCCCCNC(=O)c1ccccc1O.CCNC(=O)c1ccc(C)cc1O.CCNC(=O)c1ccccc1O.CCNC(=O)c1ccccc1O.CCc1ccc(NC(=O)c2ccccc2O)cc1.Cc1ccc(O)c(C(=O)NCCCCCCCC(=O)O)c1.Cc1ccc(O)c(C(=O)Nc2ccc(CC(=O)O)cc2)c1. The number of aromatic hydroxyl groups is 7. The summed E-state index contributed by atoms with van der Waals surface area (Å²) in [5.41, 5.74) is 7.92. The van der Waals surface area contributed by atoms with E-state index >= 15 is 0 Å². The molecule has 0 aliphatic carbocycles. The van der Waals surface area contributed by atoms with Crippen molar-refractivity contribution >= 4 is 70.6 Å². The molecule has 27 nitrogen and oxygen atoms in total. The molecule has 8 amide bonds. The second kappa shape index (κ2) is 58.2. The molecule has 0 unspecified atom stereocenters. The minimum Gasteiger partial charge on any atom is -0.507 e. The fourth-order valence-corrected chi connectivity index (χ4v) is 11.1. The number of hydrogen-bond acceptors (Lipinski definition) is 17. The maximum atomic E-state index is 12.1. The van der Waals surface area contributed by atoms with Gasteiger partial charge in [0.05, 0.1) is 45.4 Å². The third-order valence-electron chi connectivity index (χ3n) is 17.5. The summed E-state index contributed by atoms with van der Waals surface area (Å²) in [5.74, 6) is -3.45. The molecule has 0 aliphatic rings. The molecule has 0 aromatic heterocycles. The summed E-state index contributed by atoms with van der Waals surface area (Å²) in [6.45, 7) is 18.8. The van der Waals surface area contributed by atoms with Gasteiger partial charge in [0.2, 0.25) is 5.91 Å². The summed E-state index contributed by atoms with van der Waals surface area (Å²) < 4.78 is 0. The molecule has 9 aromatic carbocycles. The zero-order chi connectivity index (χ0) is 89.4. The lowest BCUT2D eigenvalue weighted by atomic mass is 10.1. The van der Waals surface area contributed by atoms with Crippen molar-refractivity contribution in [2.75, 3.05) is 49.9 Å². The van der Waals surface area contributed by atoms with Crippen LogP contribution in [-0.4, -0.2) is 144 Å². The van der Waals surface area contributed by atoms with Gasteiger partial charge in [0.15, 0.2) is 0 Å². The van der Waals surface area contributed by atoms with Crippen LogP contribution in [0.4, 0.5) is 11.4 Å². The van der Waals surface area contributed by atoms with Crippen LogP contribution in [0.1, 0.15) is 225 Å². The van der Waals surface area contributed by atoms with E-state index in [9.17, 15) is 83.7 Å². The Morgan fingerprint density at radius 1 is 0.273 bits per heavy atom. The largest absolute Gasteiger partial charge is 0.507 e. The number of rotatable bonds is 34. The molecule has 0 fully saturated rings. The number of hydrogen-bond donors (Lipinski definition) is 17. The highest BCUT2D eigenvalue weighted by Gasteiger charge is 2.17. The first-order valence-corrected chi connectivity index (χ1v) is 40.4. The third kappa shape index (κ3) is 41.3. The number of para-hydroxylation sites is 4. The maximum absolute atomic E-state index is 12.1. The number of aryl methyl sites for hydroxylation is 4. The molecule has 0 heterocycles. The first kappa shape index (κ1) is 101. The smallest absolute Gasteiger partial charge is 0.307 e. The zero-order valence-electron chi connectivity index (χ0n) is 70.2. The summed E-state index contributed by atoms with van der Waals surface area (Å²) in [6, 6.07) is 54.9. The number of carboxylic acids is 2. The van der Waals surface area contributed by atoms with E-state index in [2.05, 4.69) is 49.5 Å². The molecular weight excluding hydrogens is 1550 g/mol. The van der Waals surface area contributed by atoms with Gasteiger partial charge in [-0.1, -0.05) is 161 Å². The predicted molar refractivity (Wildman–Crippen MR) is 470 cm³/mol. The van der Waals surface area contributed by atoms with Gasteiger partial charge in [-0.15, -0.1) is 0 Å². The van der Waals surface area contributed by atoms with Crippen molar-refractivity contribution in [1.29, 1.82) is 0 Å². The molecule has 0 saturated carbocycles. The van der Waals surface area contributed by atoms with E-state index in [1.807, 2.05) is 72.7 Å². The van der Waals surface area contributed by atoms with Gasteiger partial charge < -0.3 is 88.5 Å². The minimum atomic E-state index is -0.906. The van der Waals surface area contributed by atoms with E-state index in [-0.39, 0.29) is 106 Å². The molecule has 0 spiro atoms. The van der Waals surface area contributed by atoms with Gasteiger partial charge in [-0.25, -0.2) is 0 Å². The highest BCUT2D eigenvalue weighted by molar-refractivity contribution is 6.07. The van der Waals surface area contributed by atoms with Crippen molar-refractivity contribution in [3.05, 3.63) is 267 Å². The first-order chi connectivity index (χ1) is 58.0. The summed E-state index contributed by atoms with van der Waals surface area (Å²) in [7, 11) is 0. The van der Waals surface area contributed by atoms with Crippen LogP contribution in [0.25, 0.3) is 0 Å². The fourth-order valence-electron chi connectivity index (χ4n) is 11.1. The normalized spacial score (nSPS) is 10.0. The second-order valence-electron chi connectivity index (χ2n) is 27.6. The standard InChI is InChI=1S/C19H30N2O3.C16H15NO4.C16H23NO4.C15H15NO2.C10H13NO2.2C9H11NO2/c1-2-11-18(23)20-14-9-5-3-4-6-10-15-21-19(24)16-12-7-8-13-17(16)22;1-10-2-7-14(18)13(8-10)16(21)17-12-5-3-11(4-6-12)9-15(19)20;1-12-8-9-14(18)13(11-12)16(21)17-10-6-4-2-3-5-7-15(19)20;1-2-11-7-9-12(10-8-11)16-15(18)13-5-3-4-6-14(13)17;1-3-11-10(13)8-5-4-7(2)6-9(8)12;2*1-2-10-9(12)7-5-3-4-6-8(7)11/h7-8,12-13,22H,2-6,9-11,14-15H2,1H3,(H,20,23)(H,21,24);2-8,18H,9H2,1H3,(H,17,21)(H,19,20);8-9,11,18H,2-7,10H2,1H3,(H,17,21)(H,19,20);3-10,17H,2H2,1H3,(H,16,18);4-6,12H,3H2,1-2H3,(H,11,13);2*3-6,11H,2H2,1H3,(H,10,12). The lowest BCUT2D eigenvalue weighted by molar-refractivity contribution is -0.137. The van der Waals surface area contributed by atoms with Crippen LogP contribution in [0, 0.1) is 20.8 Å². The number of carboxylic acid groups (broad SMARTS) is 2. The number of anilines is 2. The molecule has 648 valence electrons. The molecule has 0 aliphatic heterocycles. The van der Waals surface area contributed by atoms with Gasteiger partial charge in [0, 0.05) is 63.5 Å². The van der Waals surface area contributed by atoms with Crippen LogP contribution < -0.4 is 42.5 Å². The number of unbranched alkanes of at least 4 members (excludes halogenated alkanes) is 9. The average molecular weight is 1660 g/mol. The van der Waals surface area contributed by atoms with Crippen LogP contribution in [0.15, 0.2) is 200 Å². The Labute approximate surface area is 708 Å². The van der Waals surface area contributed by atoms with Crippen molar-refractivity contribution in [2.24, 2.45) is 0 Å². The Morgan fingerprint density at radius 3 is 0.942 bits per heavy atom. The minimum absolute atomic E-state index is 0.00762. The van der Waals surface area contributed by atoms with Crippen molar-refractivity contribution in [3.8, 4) is 40.2 Å². The predicted octanol–water partition coefficient (Wildman–Crippen LogP) is 15.8. The van der Waals surface area contributed by atoms with Gasteiger partial charge in [-0.3, -0.25) is 47.9 Å². The topological polar surface area (TPSA) is 449 Å². The Bertz CT molecular complexity index is 4670. The van der Waals surface area contributed by atoms with E-state index in [0.29, 0.717) is 84.6 Å². The summed E-state index contributed by atoms with van der Waals surface area (Å²) in [4.78, 5) is 114. The van der Waals surface area contributed by atoms with E-state index in [4.69, 9.17) is 10.2 Å². The second-order valence-corrected chi connectivity index (χ2v) is 27.6. The number of amides is 8. The van der Waals surface area contributed by atoms with Gasteiger partial charge >= 0.3 is 11.9 Å². The van der Waals surface area contributed by atoms with Gasteiger partial charge in [0.25, 0.3) is 41.4 Å². The van der Waals surface area contributed by atoms with Crippen molar-refractivity contribution < 1.29 is 93.9 Å². The van der Waals surface area contributed by atoms with Crippen LogP contribution >= 0.6 is 0 Å². The molecule has 0 bridgehead atoms. The third-order valence-corrected chi connectivity index (χ3v) is 17.5. The number of nitrogens with one attached hydrogen (secondary N) is 8. The number of phenols is 7. The number of carbonyl (C=O) groups excluding carboxylic acids is 8. The Balaban J connectivity index is 0.000000370. The maximum Gasteiger partial charge on any atom is 0.307 e. The van der Waals surface area contributed by atoms with Crippen molar-refractivity contribution in [1.82, 2.24) is 31.9 Å². The molecule has 121 heavy (non-hydrogen) atoms. The lowest BCUT2D eigenvalue weighted by Crippen LogP contribution is -2.24. The van der Waals surface area contributed by atoms with E-state index in [1.54, 1.807) is 140 Å². The van der Waals surface area contributed by atoms with Crippen LogP contribution in [-0.2, 0) is 27.2 Å². The van der Waals surface area contributed by atoms with Crippen LogP contribution in [0.3, 0.4) is 0 Å². The van der Waals surface area contributed by atoms with E-state index in [0.717, 1.165) is 106 Å². The van der Waals surface area contributed by atoms with Crippen molar-refractivity contribution in [3.63, 3.8) is 0 Å². The van der Waals surface area contributed by atoms with Gasteiger partial charge in [-0.05, 0) is 206 Å². The lowest BCUT2D eigenvalue weighted by Gasteiger charge is -2.08. The van der Waals surface area contributed by atoms with Crippen molar-refractivity contribution in [2.45, 2.75) is 158 Å². The summed E-state index contributed by atoms with van der Waals surface area (Å²) in [5, 5.41) is 105. The van der Waals surface area contributed by atoms with Gasteiger partial charge in [0.1, 0.15) is 40.2 Å². The van der Waals surface area contributed by atoms with E-state index in [1.165, 1.54) is 42.0 Å². The molecule has 0 radical (unpaired) electrons.